The summed E-state index contributed by atoms with van der Waals surface area (Å²) in [6.45, 7) is 2.11. The number of alkyl halides is 3. The predicted octanol–water partition coefficient (Wildman–Crippen LogP) is 3.14. The van der Waals surface area contributed by atoms with Gasteiger partial charge in [0.15, 0.2) is 5.82 Å². The van der Waals surface area contributed by atoms with Crippen molar-refractivity contribution in [2.24, 2.45) is 0 Å². The van der Waals surface area contributed by atoms with Gasteiger partial charge in [-0.05, 0) is 12.1 Å². The first-order chi connectivity index (χ1) is 9.46. The van der Waals surface area contributed by atoms with Crippen molar-refractivity contribution in [1.29, 1.82) is 0 Å². The number of halogens is 3. The van der Waals surface area contributed by atoms with E-state index in [1.165, 1.54) is 18.2 Å². The van der Waals surface area contributed by atoms with Crippen LogP contribution in [-0.4, -0.2) is 16.5 Å². The molecule has 1 aromatic carbocycles. The zero-order chi connectivity index (χ0) is 14.6. The molecule has 8 heteroatoms. The molecule has 1 aromatic heterocycles. The van der Waals surface area contributed by atoms with Crippen molar-refractivity contribution in [3.63, 3.8) is 0 Å². The Bertz CT molecular complexity index is 569. The second kappa shape index (κ2) is 5.81. The van der Waals surface area contributed by atoms with Crippen LogP contribution >= 0.6 is 0 Å². The van der Waals surface area contributed by atoms with Crippen LogP contribution in [0.4, 0.5) is 18.9 Å². The summed E-state index contributed by atoms with van der Waals surface area (Å²) < 4.78 is 45.0. The smallest absolute Gasteiger partial charge is 0.406 e. The first kappa shape index (κ1) is 14.2. The van der Waals surface area contributed by atoms with Gasteiger partial charge in [0.05, 0.1) is 6.54 Å². The lowest BCUT2D eigenvalue weighted by molar-refractivity contribution is -0.274. The van der Waals surface area contributed by atoms with Gasteiger partial charge < -0.3 is 14.6 Å². The van der Waals surface area contributed by atoms with E-state index < -0.39 is 6.36 Å². The highest BCUT2D eigenvalue weighted by Gasteiger charge is 2.31. The predicted molar refractivity (Wildman–Crippen MR) is 64.1 cm³/mol. The molecule has 2 aromatic rings. The molecule has 0 saturated carbocycles. The van der Waals surface area contributed by atoms with E-state index in [1.54, 1.807) is 6.07 Å². The molecule has 0 saturated heterocycles. The fourth-order valence-electron chi connectivity index (χ4n) is 1.49. The van der Waals surface area contributed by atoms with Gasteiger partial charge >= 0.3 is 6.36 Å². The van der Waals surface area contributed by atoms with E-state index in [9.17, 15) is 13.2 Å². The summed E-state index contributed by atoms with van der Waals surface area (Å²) in [4.78, 5) is 4.07. The van der Waals surface area contributed by atoms with E-state index >= 15 is 0 Å². The van der Waals surface area contributed by atoms with Gasteiger partial charge in [0.1, 0.15) is 5.75 Å². The number of ether oxygens (including phenoxy) is 1. The average molecular weight is 287 g/mol. The van der Waals surface area contributed by atoms with Gasteiger partial charge in [0.25, 0.3) is 0 Å². The van der Waals surface area contributed by atoms with Crippen molar-refractivity contribution in [3.05, 3.63) is 36.0 Å². The Hall–Kier alpha value is -2.25. The third-order valence-electron chi connectivity index (χ3n) is 2.34. The van der Waals surface area contributed by atoms with Gasteiger partial charge in [-0.3, -0.25) is 0 Å². The number of aromatic nitrogens is 2. The van der Waals surface area contributed by atoms with Crippen LogP contribution in [0.5, 0.6) is 5.75 Å². The molecule has 0 fully saturated rings. The first-order valence-corrected chi connectivity index (χ1v) is 5.87. The highest BCUT2D eigenvalue weighted by Crippen LogP contribution is 2.25. The molecule has 0 atom stereocenters. The lowest BCUT2D eigenvalue weighted by Crippen LogP contribution is -2.17. The lowest BCUT2D eigenvalue weighted by Gasteiger charge is -2.10. The van der Waals surface area contributed by atoms with E-state index in [0.29, 0.717) is 23.8 Å². The summed E-state index contributed by atoms with van der Waals surface area (Å²) in [6, 6.07) is 5.53. The largest absolute Gasteiger partial charge is 0.573 e. The third kappa shape index (κ3) is 4.15. The first-order valence-electron chi connectivity index (χ1n) is 5.87. The van der Waals surface area contributed by atoms with Gasteiger partial charge in [0, 0.05) is 18.2 Å². The lowest BCUT2D eigenvalue weighted by atomic mass is 10.3. The Labute approximate surface area is 112 Å². The number of anilines is 1. The van der Waals surface area contributed by atoms with Crippen molar-refractivity contribution in [2.75, 3.05) is 5.32 Å². The Kier molecular flexibility index (Phi) is 4.11. The number of nitrogens with one attached hydrogen (secondary N) is 1. The molecule has 0 spiro atoms. The topological polar surface area (TPSA) is 60.2 Å². The summed E-state index contributed by atoms with van der Waals surface area (Å²) in [7, 11) is 0. The van der Waals surface area contributed by atoms with Crippen molar-refractivity contribution in [3.8, 4) is 5.75 Å². The molecule has 1 heterocycles. The maximum absolute atomic E-state index is 12.1. The van der Waals surface area contributed by atoms with E-state index in [4.69, 9.17) is 4.52 Å². The molecule has 0 bridgehead atoms. The Morgan fingerprint density at radius 3 is 2.80 bits per heavy atom. The molecule has 0 aliphatic heterocycles. The molecule has 0 aliphatic carbocycles. The fourth-order valence-corrected chi connectivity index (χ4v) is 1.49. The normalized spacial score (nSPS) is 11.4. The van der Waals surface area contributed by atoms with Crippen LogP contribution in [0.2, 0.25) is 0 Å². The van der Waals surface area contributed by atoms with Crippen molar-refractivity contribution < 1.29 is 22.4 Å². The average Bonchev–Trinajstić information content (AvgIpc) is 2.83. The van der Waals surface area contributed by atoms with Crippen LogP contribution in [-0.2, 0) is 13.0 Å². The third-order valence-corrected chi connectivity index (χ3v) is 2.34. The van der Waals surface area contributed by atoms with Gasteiger partial charge in [0.2, 0.25) is 5.89 Å². The van der Waals surface area contributed by atoms with E-state index in [-0.39, 0.29) is 12.3 Å². The number of nitrogens with zero attached hydrogens (tertiary/aromatic N) is 2. The second-order valence-electron chi connectivity index (χ2n) is 3.89. The molecule has 0 unspecified atom stereocenters. The van der Waals surface area contributed by atoms with Gasteiger partial charge in [-0.1, -0.05) is 18.1 Å². The highest BCUT2D eigenvalue weighted by molar-refractivity contribution is 5.48. The summed E-state index contributed by atoms with van der Waals surface area (Å²) in [5.74, 6) is 0.655. The standard InChI is InChI=1S/C12H12F3N3O2/c1-2-10-17-11(20-18-10)7-16-8-4-3-5-9(6-8)19-12(13,14)15/h3-6,16H,2,7H2,1H3. The minimum atomic E-state index is -4.71. The van der Waals surface area contributed by atoms with Crippen LogP contribution in [0.1, 0.15) is 18.6 Å². The Balaban J connectivity index is 1.97. The van der Waals surface area contributed by atoms with Crippen LogP contribution < -0.4 is 10.1 Å². The maximum Gasteiger partial charge on any atom is 0.573 e. The minimum Gasteiger partial charge on any atom is -0.406 e. The summed E-state index contributed by atoms with van der Waals surface area (Å²) in [6.07, 6.45) is -4.06. The number of aryl methyl sites for hydroxylation is 1. The SMILES string of the molecule is CCc1noc(CNc2cccc(OC(F)(F)F)c2)n1. The number of hydrogen-bond acceptors (Lipinski definition) is 5. The van der Waals surface area contributed by atoms with Crippen molar-refractivity contribution >= 4 is 5.69 Å². The molecule has 0 aliphatic rings. The van der Waals surface area contributed by atoms with Crippen molar-refractivity contribution in [2.45, 2.75) is 26.3 Å². The molecular formula is C12H12F3N3O2. The molecule has 1 N–H and O–H groups in total. The maximum atomic E-state index is 12.1. The highest BCUT2D eigenvalue weighted by atomic mass is 19.4. The number of rotatable bonds is 5. The fraction of sp³-hybridized carbons (Fsp3) is 0.333. The van der Waals surface area contributed by atoms with Gasteiger partial charge in [-0.15, -0.1) is 13.2 Å². The van der Waals surface area contributed by atoms with Crippen LogP contribution in [0, 0.1) is 0 Å². The van der Waals surface area contributed by atoms with Crippen LogP contribution in [0.25, 0.3) is 0 Å². The molecular weight excluding hydrogens is 275 g/mol. The molecule has 108 valence electrons. The molecule has 0 radical (unpaired) electrons. The molecule has 20 heavy (non-hydrogen) atoms. The summed E-state index contributed by atoms with van der Waals surface area (Å²) in [5.41, 5.74) is 0.461. The van der Waals surface area contributed by atoms with Crippen LogP contribution in [0.3, 0.4) is 0 Å². The summed E-state index contributed by atoms with van der Waals surface area (Å²) in [5, 5.41) is 6.59. The quantitative estimate of drug-likeness (QED) is 0.915. The van der Waals surface area contributed by atoms with Gasteiger partial charge in [-0.25, -0.2) is 0 Å². The van der Waals surface area contributed by atoms with E-state index in [1.807, 2.05) is 6.92 Å². The monoisotopic (exact) mass is 287 g/mol. The van der Waals surface area contributed by atoms with E-state index in [0.717, 1.165) is 0 Å². The number of hydrogen-bond donors (Lipinski definition) is 1. The van der Waals surface area contributed by atoms with Gasteiger partial charge in [-0.2, -0.15) is 4.98 Å². The zero-order valence-electron chi connectivity index (χ0n) is 10.6. The second-order valence-corrected chi connectivity index (χ2v) is 3.89. The van der Waals surface area contributed by atoms with Crippen molar-refractivity contribution in [1.82, 2.24) is 10.1 Å². The summed E-state index contributed by atoms with van der Waals surface area (Å²) >= 11 is 0. The minimum absolute atomic E-state index is 0.225. The van der Waals surface area contributed by atoms with E-state index in [2.05, 4.69) is 20.2 Å². The zero-order valence-corrected chi connectivity index (χ0v) is 10.6. The van der Waals surface area contributed by atoms with Crippen LogP contribution in [0.15, 0.2) is 28.8 Å². The molecule has 2 rings (SSSR count). The Morgan fingerprint density at radius 2 is 2.15 bits per heavy atom. The Morgan fingerprint density at radius 1 is 1.35 bits per heavy atom. The molecule has 0 amide bonds. The number of benzene rings is 1. The molecule has 5 nitrogen and oxygen atoms in total.